The van der Waals surface area contributed by atoms with Crippen LogP contribution < -0.4 is 5.43 Å². The van der Waals surface area contributed by atoms with Crippen LogP contribution >= 0.6 is 15.9 Å². The van der Waals surface area contributed by atoms with Crippen molar-refractivity contribution in [1.29, 1.82) is 0 Å². The summed E-state index contributed by atoms with van der Waals surface area (Å²) >= 11 is 3.14. The number of hydrogen-bond acceptors (Lipinski definition) is 2. The first-order valence-corrected chi connectivity index (χ1v) is 3.78. The van der Waals surface area contributed by atoms with Gasteiger partial charge < -0.3 is 0 Å². The number of nitrogens with one attached hydrogen (secondary N) is 1. The van der Waals surface area contributed by atoms with Gasteiger partial charge in [0, 0.05) is 12.3 Å². The predicted octanol–water partition coefficient (Wildman–Crippen LogP) is 0.785. The lowest BCUT2D eigenvalue weighted by molar-refractivity contribution is 0.955. The third kappa shape index (κ3) is 0.883. The Hall–Kier alpha value is -1.10. The van der Waals surface area contributed by atoms with E-state index in [0.29, 0.717) is 10.1 Å². The molecule has 0 aromatic carbocycles. The zero-order valence-corrected chi connectivity index (χ0v) is 7.00. The summed E-state index contributed by atoms with van der Waals surface area (Å²) in [6, 6.07) is 1.47. The van der Waals surface area contributed by atoms with Crippen molar-refractivity contribution < 1.29 is 0 Å². The standard InChI is InChI=1S/C6H4BrN3O/c7-5-4(11)1-2-10-6(5)8-3-9-10/h1-3H,(H,8,9). The minimum Gasteiger partial charge on any atom is -0.288 e. The van der Waals surface area contributed by atoms with Crippen molar-refractivity contribution in [3.8, 4) is 0 Å². The van der Waals surface area contributed by atoms with E-state index in [0.717, 1.165) is 0 Å². The second-order valence-electron chi connectivity index (χ2n) is 2.07. The van der Waals surface area contributed by atoms with E-state index in [-0.39, 0.29) is 5.43 Å². The van der Waals surface area contributed by atoms with Crippen LogP contribution in [0.25, 0.3) is 5.65 Å². The summed E-state index contributed by atoms with van der Waals surface area (Å²) in [5, 5.41) is 2.82. The highest BCUT2D eigenvalue weighted by Gasteiger charge is 2.01. The Kier molecular flexibility index (Phi) is 1.32. The van der Waals surface area contributed by atoms with Crippen molar-refractivity contribution in [2.45, 2.75) is 0 Å². The molecule has 2 aromatic rings. The summed E-state index contributed by atoms with van der Waals surface area (Å²) in [5.41, 5.74) is 0.551. The normalized spacial score (nSPS) is 10.6. The van der Waals surface area contributed by atoms with E-state index in [1.807, 2.05) is 0 Å². The number of fused-ring (bicyclic) bond motifs is 1. The van der Waals surface area contributed by atoms with Gasteiger partial charge in [0.1, 0.15) is 10.8 Å². The molecule has 5 heteroatoms. The van der Waals surface area contributed by atoms with E-state index in [1.165, 1.54) is 12.4 Å². The molecule has 4 nitrogen and oxygen atoms in total. The zero-order chi connectivity index (χ0) is 7.84. The number of halogens is 1. The Morgan fingerprint density at radius 2 is 2.45 bits per heavy atom. The van der Waals surface area contributed by atoms with E-state index in [1.54, 1.807) is 10.7 Å². The molecule has 0 amide bonds. The maximum absolute atomic E-state index is 11.0. The highest BCUT2D eigenvalue weighted by Crippen LogP contribution is 2.08. The molecular weight excluding hydrogens is 210 g/mol. The largest absolute Gasteiger partial charge is 0.288 e. The third-order valence-electron chi connectivity index (χ3n) is 1.40. The molecule has 1 N–H and O–H groups in total. The smallest absolute Gasteiger partial charge is 0.198 e. The minimum absolute atomic E-state index is 0.0582. The number of rotatable bonds is 0. The molecule has 11 heavy (non-hydrogen) atoms. The van der Waals surface area contributed by atoms with Gasteiger partial charge in [-0.3, -0.25) is 9.89 Å². The van der Waals surface area contributed by atoms with Crippen LogP contribution in [0.2, 0.25) is 0 Å². The van der Waals surface area contributed by atoms with E-state index in [2.05, 4.69) is 26.0 Å². The number of aromatic nitrogens is 3. The van der Waals surface area contributed by atoms with Gasteiger partial charge in [0.05, 0.1) is 0 Å². The van der Waals surface area contributed by atoms with Crippen LogP contribution in [0.4, 0.5) is 0 Å². The number of aromatic amines is 1. The molecular formula is C6H4BrN3O. The van der Waals surface area contributed by atoms with Gasteiger partial charge in [-0.15, -0.1) is 0 Å². The van der Waals surface area contributed by atoms with E-state index in [4.69, 9.17) is 0 Å². The topological polar surface area (TPSA) is 50.2 Å². The molecule has 0 unspecified atom stereocenters. The van der Waals surface area contributed by atoms with Gasteiger partial charge in [0.15, 0.2) is 11.1 Å². The molecule has 0 saturated carbocycles. The second kappa shape index (κ2) is 2.20. The molecule has 56 valence electrons. The highest BCUT2D eigenvalue weighted by atomic mass is 79.9. The van der Waals surface area contributed by atoms with Crippen LogP contribution in [0.15, 0.2) is 27.9 Å². The molecule has 0 spiro atoms. The fourth-order valence-corrected chi connectivity index (χ4v) is 1.30. The number of nitrogens with zero attached hydrogens (tertiary/aromatic N) is 2. The summed E-state index contributed by atoms with van der Waals surface area (Å²) in [5.74, 6) is 0. The van der Waals surface area contributed by atoms with Gasteiger partial charge in [-0.05, 0) is 15.9 Å². The number of H-pyrrole nitrogens is 1. The van der Waals surface area contributed by atoms with Crippen LogP contribution in [-0.4, -0.2) is 14.6 Å². The average molecular weight is 214 g/mol. The maximum Gasteiger partial charge on any atom is 0.198 e. The lowest BCUT2D eigenvalue weighted by atomic mass is 10.5. The first-order chi connectivity index (χ1) is 5.29. The molecule has 0 saturated heterocycles. The molecule has 2 aromatic heterocycles. The molecule has 0 aliphatic rings. The van der Waals surface area contributed by atoms with E-state index in [9.17, 15) is 4.79 Å². The maximum atomic E-state index is 11.0. The summed E-state index contributed by atoms with van der Waals surface area (Å²) in [6.07, 6.45) is 3.16. The van der Waals surface area contributed by atoms with Crippen LogP contribution in [0.3, 0.4) is 0 Å². The number of hydrogen-bond donors (Lipinski definition) is 1. The summed E-state index contributed by atoms with van der Waals surface area (Å²) < 4.78 is 2.15. The molecule has 0 fully saturated rings. The van der Waals surface area contributed by atoms with Gasteiger partial charge in [0.2, 0.25) is 0 Å². The molecule has 0 bridgehead atoms. The van der Waals surface area contributed by atoms with E-state index < -0.39 is 0 Å². The Bertz CT molecular complexity index is 444. The summed E-state index contributed by atoms with van der Waals surface area (Å²) in [4.78, 5) is 15.0. The fourth-order valence-electron chi connectivity index (χ4n) is 0.877. The van der Waals surface area contributed by atoms with Gasteiger partial charge in [-0.25, -0.2) is 9.50 Å². The van der Waals surface area contributed by atoms with Crippen LogP contribution in [0.5, 0.6) is 0 Å². The number of pyridine rings is 1. The van der Waals surface area contributed by atoms with Crippen molar-refractivity contribution in [2.24, 2.45) is 0 Å². The molecule has 2 rings (SSSR count). The summed E-state index contributed by atoms with van der Waals surface area (Å²) in [7, 11) is 0. The van der Waals surface area contributed by atoms with Crippen LogP contribution in [0, 0.1) is 0 Å². The van der Waals surface area contributed by atoms with Crippen molar-refractivity contribution in [1.82, 2.24) is 14.6 Å². The highest BCUT2D eigenvalue weighted by molar-refractivity contribution is 9.10. The summed E-state index contributed by atoms with van der Waals surface area (Å²) in [6.45, 7) is 0. The lowest BCUT2D eigenvalue weighted by Gasteiger charge is -1.91. The van der Waals surface area contributed by atoms with Crippen LogP contribution in [0.1, 0.15) is 0 Å². The van der Waals surface area contributed by atoms with Crippen molar-refractivity contribution >= 4 is 21.6 Å². The molecule has 0 atom stereocenters. The second-order valence-corrected chi connectivity index (χ2v) is 2.87. The first kappa shape index (κ1) is 6.60. The predicted molar refractivity (Wildman–Crippen MR) is 43.5 cm³/mol. The van der Waals surface area contributed by atoms with Gasteiger partial charge in [0.25, 0.3) is 0 Å². The lowest BCUT2D eigenvalue weighted by Crippen LogP contribution is -2.02. The molecule has 0 aliphatic heterocycles. The van der Waals surface area contributed by atoms with Crippen molar-refractivity contribution in [3.05, 3.63) is 33.3 Å². The fraction of sp³-hybridized carbons (Fsp3) is 0. The van der Waals surface area contributed by atoms with Gasteiger partial charge >= 0.3 is 0 Å². The molecule has 0 radical (unpaired) electrons. The Labute approximate surface area is 70.0 Å². The quantitative estimate of drug-likeness (QED) is 0.704. The molecule has 0 aliphatic carbocycles. The average Bonchev–Trinajstić information content (AvgIpc) is 2.45. The Morgan fingerprint density at radius 1 is 1.64 bits per heavy atom. The minimum atomic E-state index is -0.0582. The Morgan fingerprint density at radius 3 is 3.27 bits per heavy atom. The zero-order valence-electron chi connectivity index (χ0n) is 5.41. The first-order valence-electron chi connectivity index (χ1n) is 2.99. The monoisotopic (exact) mass is 213 g/mol. The Balaban J connectivity index is 3.04. The van der Waals surface area contributed by atoms with Gasteiger partial charge in [-0.2, -0.15) is 0 Å². The molecule has 2 heterocycles. The SMILES string of the molecule is O=c1ccn2[nH]cnc2c1Br. The van der Waals surface area contributed by atoms with Gasteiger partial charge in [-0.1, -0.05) is 0 Å². The van der Waals surface area contributed by atoms with E-state index >= 15 is 0 Å². The third-order valence-corrected chi connectivity index (χ3v) is 2.14. The van der Waals surface area contributed by atoms with Crippen molar-refractivity contribution in [3.63, 3.8) is 0 Å². The van der Waals surface area contributed by atoms with Crippen molar-refractivity contribution in [2.75, 3.05) is 0 Å². The van der Waals surface area contributed by atoms with Crippen LogP contribution in [-0.2, 0) is 0 Å².